The molecule has 0 spiro atoms. The number of hydrogen-bond acceptors (Lipinski definition) is 4. The molecule has 12 aromatic carbocycles. The first kappa shape index (κ1) is 43.7. The average Bonchev–Trinajstić information content (AvgIpc) is 4.08. The van der Waals surface area contributed by atoms with Crippen molar-refractivity contribution in [3.8, 4) is 22.3 Å². The molecule has 14 aromatic rings. The Balaban J connectivity index is 1.18. The van der Waals surface area contributed by atoms with Crippen LogP contribution in [0.1, 0.15) is 37.5 Å². The van der Waals surface area contributed by atoms with Crippen LogP contribution in [0.3, 0.4) is 0 Å². The van der Waals surface area contributed by atoms with E-state index >= 15 is 0 Å². The standard InChI is InChI=1S/C70H52N2O2/c1-43-30-36-58(56(38-43)45-18-8-6-9-19-45)71(60-26-16-24-52-50-22-12-14-28-64(50)73-68(52)60)62-42-63(55-35-33-48-41-49(70(3,4)5)40-47-32-34-54(62)67(55)66(47)48)72(59-37-31-44(2)39-57(59)46-20-10-7-11-21-46)61-27-17-25-53-51-23-13-15-29-65(51)74-69(53)61/h6-42H,1-5H3. The third kappa shape index (κ3) is 6.89. The molecule has 0 amide bonds. The van der Waals surface area contributed by atoms with Crippen molar-refractivity contribution in [3.05, 3.63) is 241 Å². The van der Waals surface area contributed by atoms with Crippen LogP contribution in [0.2, 0.25) is 0 Å². The summed E-state index contributed by atoms with van der Waals surface area (Å²) >= 11 is 0. The van der Waals surface area contributed by atoms with E-state index in [2.05, 4.69) is 269 Å². The van der Waals surface area contributed by atoms with Gasteiger partial charge in [-0.05, 0) is 107 Å². The Kier molecular flexibility index (Phi) is 9.87. The lowest BCUT2D eigenvalue weighted by Gasteiger charge is -2.34. The first-order valence-electron chi connectivity index (χ1n) is 25.7. The van der Waals surface area contributed by atoms with Crippen molar-refractivity contribution in [2.24, 2.45) is 0 Å². The number of furan rings is 2. The van der Waals surface area contributed by atoms with Crippen LogP contribution in [0.25, 0.3) is 98.4 Å². The molecule has 14 rings (SSSR count). The highest BCUT2D eigenvalue weighted by molar-refractivity contribution is 6.30. The summed E-state index contributed by atoms with van der Waals surface area (Å²) in [4.78, 5) is 4.96. The fourth-order valence-corrected chi connectivity index (χ4v) is 11.7. The predicted molar refractivity (Wildman–Crippen MR) is 313 cm³/mol. The third-order valence-electron chi connectivity index (χ3n) is 15.2. The molecule has 0 radical (unpaired) electrons. The topological polar surface area (TPSA) is 32.8 Å². The molecule has 0 saturated carbocycles. The van der Waals surface area contributed by atoms with E-state index in [1.807, 2.05) is 0 Å². The summed E-state index contributed by atoms with van der Waals surface area (Å²) in [5, 5.41) is 11.4. The minimum atomic E-state index is -0.0521. The van der Waals surface area contributed by atoms with E-state index in [-0.39, 0.29) is 5.41 Å². The molecule has 0 atom stereocenters. The van der Waals surface area contributed by atoms with Gasteiger partial charge in [-0.25, -0.2) is 0 Å². The Morgan fingerprint density at radius 1 is 0.324 bits per heavy atom. The largest absolute Gasteiger partial charge is 0.454 e. The maximum atomic E-state index is 7.05. The summed E-state index contributed by atoms with van der Waals surface area (Å²) in [5.74, 6) is 0. The van der Waals surface area contributed by atoms with Gasteiger partial charge in [0.25, 0.3) is 0 Å². The minimum absolute atomic E-state index is 0.0521. The van der Waals surface area contributed by atoms with Crippen molar-refractivity contribution >= 4 is 110 Å². The van der Waals surface area contributed by atoms with Gasteiger partial charge in [-0.1, -0.05) is 202 Å². The summed E-state index contributed by atoms with van der Waals surface area (Å²) in [5.41, 5.74) is 17.5. The van der Waals surface area contributed by atoms with E-state index in [0.717, 1.165) is 111 Å². The van der Waals surface area contributed by atoms with Crippen molar-refractivity contribution in [3.63, 3.8) is 0 Å². The third-order valence-corrected chi connectivity index (χ3v) is 15.2. The highest BCUT2D eigenvalue weighted by atomic mass is 16.3. The Morgan fingerprint density at radius 3 is 1.22 bits per heavy atom. The number of anilines is 6. The van der Waals surface area contributed by atoms with Crippen LogP contribution in [0.4, 0.5) is 34.1 Å². The van der Waals surface area contributed by atoms with Crippen molar-refractivity contribution in [1.82, 2.24) is 0 Å². The summed E-state index contributed by atoms with van der Waals surface area (Å²) in [6.45, 7) is 11.3. The van der Waals surface area contributed by atoms with Crippen LogP contribution >= 0.6 is 0 Å². The van der Waals surface area contributed by atoms with E-state index < -0.39 is 0 Å². The summed E-state index contributed by atoms with van der Waals surface area (Å²) in [6, 6.07) is 82.0. The Labute approximate surface area is 430 Å². The van der Waals surface area contributed by atoms with E-state index in [0.29, 0.717) is 0 Å². The Hall–Kier alpha value is -9.12. The summed E-state index contributed by atoms with van der Waals surface area (Å²) in [6.07, 6.45) is 0. The Bertz CT molecular complexity index is 4220. The number of hydrogen-bond donors (Lipinski definition) is 0. The van der Waals surface area contributed by atoms with Crippen LogP contribution < -0.4 is 9.80 Å². The maximum absolute atomic E-state index is 7.05. The molecule has 0 fully saturated rings. The lowest BCUT2D eigenvalue weighted by molar-refractivity contribution is 0.591. The van der Waals surface area contributed by atoms with Gasteiger partial charge >= 0.3 is 0 Å². The molecular weight excluding hydrogens is 901 g/mol. The number of fused-ring (bicyclic) bond motifs is 6. The van der Waals surface area contributed by atoms with Gasteiger partial charge in [0.1, 0.15) is 11.2 Å². The number of nitrogens with zero attached hydrogens (tertiary/aromatic N) is 2. The first-order valence-corrected chi connectivity index (χ1v) is 25.7. The smallest absolute Gasteiger partial charge is 0.159 e. The molecule has 2 aromatic heterocycles. The average molecular weight is 953 g/mol. The van der Waals surface area contributed by atoms with Crippen molar-refractivity contribution in [2.45, 2.75) is 40.0 Å². The van der Waals surface area contributed by atoms with Gasteiger partial charge in [0.05, 0.1) is 34.1 Å². The zero-order valence-corrected chi connectivity index (χ0v) is 42.1. The number of para-hydroxylation sites is 4. The van der Waals surface area contributed by atoms with E-state index in [9.17, 15) is 0 Å². The second-order valence-electron chi connectivity index (χ2n) is 21.0. The minimum Gasteiger partial charge on any atom is -0.454 e. The SMILES string of the molecule is Cc1ccc(N(c2cc(N(c3ccc(C)cc3-c3ccccc3)c3cccc4c3oc3ccccc34)c3ccc4cc(C(C)(C)C)cc5ccc2c3c54)c2cccc3c2oc2ccccc23)c(-c2ccccc2)c1. The highest BCUT2D eigenvalue weighted by Crippen LogP contribution is 2.55. The molecule has 74 heavy (non-hydrogen) atoms. The zero-order valence-electron chi connectivity index (χ0n) is 42.1. The van der Waals surface area contributed by atoms with Crippen LogP contribution in [-0.4, -0.2) is 0 Å². The predicted octanol–water partition coefficient (Wildman–Crippen LogP) is 20.6. The van der Waals surface area contributed by atoms with Gasteiger partial charge in [0.2, 0.25) is 0 Å². The second kappa shape index (κ2) is 16.7. The van der Waals surface area contributed by atoms with Crippen molar-refractivity contribution < 1.29 is 8.83 Å². The van der Waals surface area contributed by atoms with Gasteiger partial charge < -0.3 is 18.6 Å². The molecule has 0 aliphatic heterocycles. The quantitative estimate of drug-likeness (QED) is 0.142. The maximum Gasteiger partial charge on any atom is 0.159 e. The molecule has 4 heteroatoms. The highest BCUT2D eigenvalue weighted by Gasteiger charge is 2.30. The molecule has 0 aliphatic rings. The molecule has 4 nitrogen and oxygen atoms in total. The van der Waals surface area contributed by atoms with E-state index in [4.69, 9.17) is 8.83 Å². The van der Waals surface area contributed by atoms with Crippen molar-refractivity contribution in [1.29, 1.82) is 0 Å². The van der Waals surface area contributed by atoms with Gasteiger partial charge in [-0.2, -0.15) is 0 Å². The monoisotopic (exact) mass is 952 g/mol. The fourth-order valence-electron chi connectivity index (χ4n) is 11.7. The molecule has 0 bridgehead atoms. The summed E-state index contributed by atoms with van der Waals surface area (Å²) < 4.78 is 14.1. The van der Waals surface area contributed by atoms with E-state index in [1.54, 1.807) is 0 Å². The number of benzene rings is 12. The first-order chi connectivity index (χ1) is 36.2. The molecule has 354 valence electrons. The molecule has 0 N–H and O–H groups in total. The number of aryl methyl sites for hydroxylation is 2. The lowest BCUT2D eigenvalue weighted by Crippen LogP contribution is -2.16. The van der Waals surface area contributed by atoms with Gasteiger partial charge in [0, 0.05) is 48.8 Å². The lowest BCUT2D eigenvalue weighted by atomic mass is 9.83. The molecule has 0 saturated heterocycles. The van der Waals surface area contributed by atoms with Gasteiger partial charge in [-0.15, -0.1) is 0 Å². The molecule has 0 aliphatic carbocycles. The van der Waals surface area contributed by atoms with Gasteiger partial charge in [-0.3, -0.25) is 0 Å². The number of rotatable bonds is 8. The zero-order chi connectivity index (χ0) is 49.8. The van der Waals surface area contributed by atoms with Crippen molar-refractivity contribution in [2.75, 3.05) is 9.80 Å². The van der Waals surface area contributed by atoms with Crippen LogP contribution in [0.15, 0.2) is 233 Å². The molecular formula is C70H52N2O2. The van der Waals surface area contributed by atoms with Crippen LogP contribution in [-0.2, 0) is 5.41 Å². The second-order valence-corrected chi connectivity index (χ2v) is 21.0. The van der Waals surface area contributed by atoms with Crippen LogP contribution in [0.5, 0.6) is 0 Å². The summed E-state index contributed by atoms with van der Waals surface area (Å²) in [7, 11) is 0. The van der Waals surface area contributed by atoms with E-state index in [1.165, 1.54) is 38.2 Å². The van der Waals surface area contributed by atoms with Crippen LogP contribution in [0, 0.1) is 13.8 Å². The van der Waals surface area contributed by atoms with Gasteiger partial charge in [0.15, 0.2) is 11.2 Å². The Morgan fingerprint density at radius 2 is 0.757 bits per heavy atom. The molecule has 0 unspecified atom stereocenters. The fraction of sp³-hybridized carbons (Fsp3) is 0.0857. The molecule has 2 heterocycles. The normalized spacial score (nSPS) is 12.1.